The molecule has 4 aliphatic rings. The van der Waals surface area contributed by atoms with Gasteiger partial charge in [-0.15, -0.1) is 6.42 Å². The molecule has 5 aromatic rings. The first kappa shape index (κ1) is 31.5. The number of fused-ring (bicyclic) bond motifs is 7. The standard InChI is InChI=1S/C39H38F3N5O3/c1-4-27-30(41)10-7-22-14-26(48)15-28(31(22)27)32-34(42)35-33(29-13-21(3)50-36(29)32)37(47-24-8-9-25(47)19-45(5-2)18-24)44-38(43-35)49-20-39-11-6-12-46(39)17-23(40)16-39/h1,7,10,13-15,23-25,48H,5-6,8-9,11-12,16-20H2,2-3H3/t23-,24?,25?,39+/m1/s1. The van der Waals surface area contributed by atoms with Crippen molar-refractivity contribution in [1.82, 2.24) is 19.8 Å². The Kier molecular flexibility index (Phi) is 7.24. The van der Waals surface area contributed by atoms with E-state index in [2.05, 4.69) is 27.5 Å². The number of anilines is 1. The summed E-state index contributed by atoms with van der Waals surface area (Å²) in [5, 5.41) is 12.7. The zero-order valence-electron chi connectivity index (χ0n) is 28.1. The van der Waals surface area contributed by atoms with Gasteiger partial charge in [0, 0.05) is 54.5 Å². The lowest BCUT2D eigenvalue weighted by molar-refractivity contribution is 0.107. The minimum absolute atomic E-state index is 0.00889. The lowest BCUT2D eigenvalue weighted by Gasteiger charge is -2.42. The van der Waals surface area contributed by atoms with Crippen LogP contribution in [0.4, 0.5) is 19.0 Å². The largest absolute Gasteiger partial charge is 0.508 e. The van der Waals surface area contributed by atoms with Crippen LogP contribution in [-0.2, 0) is 0 Å². The molecule has 0 radical (unpaired) electrons. The van der Waals surface area contributed by atoms with Crippen LogP contribution in [-0.4, -0.2) is 88.0 Å². The Hall–Kier alpha value is -4.53. The van der Waals surface area contributed by atoms with Gasteiger partial charge in [0.15, 0.2) is 5.82 Å². The van der Waals surface area contributed by atoms with Crippen LogP contribution in [0.15, 0.2) is 34.7 Å². The van der Waals surface area contributed by atoms with Gasteiger partial charge in [0.05, 0.1) is 22.1 Å². The van der Waals surface area contributed by atoms with Crippen molar-refractivity contribution in [2.24, 2.45) is 0 Å². The lowest BCUT2D eigenvalue weighted by Crippen LogP contribution is -2.54. The smallest absolute Gasteiger partial charge is 0.319 e. The molecule has 0 aliphatic carbocycles. The summed E-state index contributed by atoms with van der Waals surface area (Å²) in [7, 11) is 0. The number of piperazine rings is 1. The van der Waals surface area contributed by atoms with Gasteiger partial charge in [-0.3, -0.25) is 9.80 Å². The molecule has 6 heterocycles. The summed E-state index contributed by atoms with van der Waals surface area (Å²) in [5.74, 6) is 2.05. The number of likely N-dealkylation sites (tertiary alicyclic amines) is 1. The fraction of sp³-hybridized carbons (Fsp3) is 0.436. The SMILES string of the molecule is C#Cc1c(F)ccc2cc(O)cc(-c3c(F)c4nc(OC[C@@]56CCCN5C[C@H](F)C6)nc(N5C6CCC5CN(CC)C6)c4c4cc(C)oc34)c12. The third-order valence-electron chi connectivity index (χ3n) is 11.6. The molecule has 4 saturated heterocycles. The maximum absolute atomic E-state index is 17.6. The molecule has 2 unspecified atom stereocenters. The number of alkyl halides is 1. The van der Waals surface area contributed by atoms with Crippen LogP contribution in [0.2, 0.25) is 0 Å². The molecule has 0 saturated carbocycles. The molecule has 258 valence electrons. The Labute approximate surface area is 287 Å². The van der Waals surface area contributed by atoms with E-state index in [0.717, 1.165) is 51.9 Å². The Morgan fingerprint density at radius 1 is 1.10 bits per heavy atom. The summed E-state index contributed by atoms with van der Waals surface area (Å²) < 4.78 is 60.1. The van der Waals surface area contributed by atoms with E-state index >= 15 is 8.78 Å². The maximum Gasteiger partial charge on any atom is 0.319 e. The molecule has 2 bridgehead atoms. The Bertz CT molecular complexity index is 2240. The highest BCUT2D eigenvalue weighted by Gasteiger charge is 2.49. The van der Waals surface area contributed by atoms with E-state index in [1.54, 1.807) is 6.92 Å². The molecule has 50 heavy (non-hydrogen) atoms. The number of phenols is 1. The summed E-state index contributed by atoms with van der Waals surface area (Å²) in [4.78, 5) is 16.7. The number of hydrogen-bond donors (Lipinski definition) is 1. The van der Waals surface area contributed by atoms with Crippen molar-refractivity contribution in [3.05, 3.63) is 53.3 Å². The van der Waals surface area contributed by atoms with Gasteiger partial charge in [-0.2, -0.15) is 9.97 Å². The zero-order chi connectivity index (χ0) is 34.5. The lowest BCUT2D eigenvalue weighted by atomic mass is 9.91. The van der Waals surface area contributed by atoms with E-state index in [1.165, 1.54) is 24.3 Å². The molecule has 0 spiro atoms. The van der Waals surface area contributed by atoms with Crippen LogP contribution < -0.4 is 9.64 Å². The topological polar surface area (TPSA) is 78.1 Å². The van der Waals surface area contributed by atoms with Gasteiger partial charge in [-0.1, -0.05) is 18.9 Å². The van der Waals surface area contributed by atoms with E-state index in [9.17, 15) is 9.50 Å². The number of hydrogen-bond acceptors (Lipinski definition) is 8. The number of aromatic hydroxyl groups is 1. The fourth-order valence-electron chi connectivity index (χ4n) is 9.44. The van der Waals surface area contributed by atoms with Gasteiger partial charge >= 0.3 is 6.01 Å². The third-order valence-corrected chi connectivity index (χ3v) is 11.6. The van der Waals surface area contributed by atoms with Crippen LogP contribution in [0, 0.1) is 30.9 Å². The molecule has 4 aliphatic heterocycles. The second kappa shape index (κ2) is 11.5. The number of furan rings is 1. The van der Waals surface area contributed by atoms with Crippen molar-refractivity contribution in [2.45, 2.75) is 69.7 Å². The molecule has 1 N–H and O–H groups in total. The van der Waals surface area contributed by atoms with Gasteiger partial charge in [0.1, 0.15) is 47.0 Å². The number of phenolic OH excluding ortho intramolecular Hbond substituents is 1. The van der Waals surface area contributed by atoms with Crippen molar-refractivity contribution in [2.75, 3.05) is 44.2 Å². The van der Waals surface area contributed by atoms with E-state index in [4.69, 9.17) is 25.5 Å². The second-order valence-corrected chi connectivity index (χ2v) is 14.5. The predicted octanol–water partition coefficient (Wildman–Crippen LogP) is 7.10. The average Bonchev–Trinajstić information content (AvgIpc) is 3.82. The van der Waals surface area contributed by atoms with Crippen molar-refractivity contribution in [3.8, 4) is 35.2 Å². The first-order valence-corrected chi connectivity index (χ1v) is 17.6. The summed E-state index contributed by atoms with van der Waals surface area (Å²) in [6.45, 7) is 7.99. The highest BCUT2D eigenvalue weighted by atomic mass is 19.1. The number of likely N-dealkylation sites (N-methyl/N-ethyl adjacent to an activating group) is 1. The molecule has 2 aromatic heterocycles. The van der Waals surface area contributed by atoms with Gasteiger partial charge in [-0.25, -0.2) is 13.2 Å². The van der Waals surface area contributed by atoms with E-state index in [0.29, 0.717) is 40.7 Å². The van der Waals surface area contributed by atoms with Crippen LogP contribution in [0.3, 0.4) is 0 Å². The summed E-state index contributed by atoms with van der Waals surface area (Å²) in [6.07, 6.45) is 8.98. The summed E-state index contributed by atoms with van der Waals surface area (Å²) in [6, 6.07) is 7.79. The number of terminal acetylenes is 1. The highest BCUT2D eigenvalue weighted by Crippen LogP contribution is 2.48. The van der Waals surface area contributed by atoms with Crippen molar-refractivity contribution < 1.29 is 27.4 Å². The van der Waals surface area contributed by atoms with Gasteiger partial charge in [-0.05, 0) is 75.3 Å². The van der Waals surface area contributed by atoms with E-state index in [1.807, 2.05) is 6.07 Å². The number of rotatable bonds is 6. The monoisotopic (exact) mass is 681 g/mol. The molecule has 0 amide bonds. The average molecular weight is 682 g/mol. The van der Waals surface area contributed by atoms with Crippen LogP contribution in [0.25, 0.3) is 43.8 Å². The summed E-state index contributed by atoms with van der Waals surface area (Å²) >= 11 is 0. The second-order valence-electron chi connectivity index (χ2n) is 14.5. The summed E-state index contributed by atoms with van der Waals surface area (Å²) in [5.41, 5.74) is -0.0499. The number of aryl methyl sites for hydroxylation is 1. The normalized spacial score (nSPS) is 25.3. The molecule has 8 nitrogen and oxygen atoms in total. The Balaban J connectivity index is 1.30. The highest BCUT2D eigenvalue weighted by molar-refractivity contribution is 6.18. The fourth-order valence-corrected chi connectivity index (χ4v) is 9.44. The van der Waals surface area contributed by atoms with Crippen LogP contribution in [0.1, 0.15) is 50.4 Å². The number of ether oxygens (including phenoxy) is 1. The number of aromatic nitrogens is 2. The molecule has 11 heteroatoms. The van der Waals surface area contributed by atoms with Gasteiger partial charge in [0.25, 0.3) is 0 Å². The van der Waals surface area contributed by atoms with Crippen molar-refractivity contribution in [1.29, 1.82) is 0 Å². The van der Waals surface area contributed by atoms with Crippen molar-refractivity contribution in [3.63, 3.8) is 0 Å². The molecule has 4 fully saturated rings. The zero-order valence-corrected chi connectivity index (χ0v) is 28.1. The van der Waals surface area contributed by atoms with Crippen LogP contribution in [0.5, 0.6) is 11.8 Å². The van der Waals surface area contributed by atoms with Gasteiger partial charge in [0.2, 0.25) is 0 Å². The van der Waals surface area contributed by atoms with Crippen LogP contribution >= 0.6 is 0 Å². The Morgan fingerprint density at radius 3 is 2.66 bits per heavy atom. The molecule has 3 aromatic carbocycles. The van der Waals surface area contributed by atoms with Gasteiger partial charge < -0.3 is 19.2 Å². The first-order valence-electron chi connectivity index (χ1n) is 17.6. The van der Waals surface area contributed by atoms with Crippen molar-refractivity contribution >= 4 is 38.5 Å². The molecule has 9 rings (SSSR count). The molecular weight excluding hydrogens is 643 g/mol. The third kappa shape index (κ3) is 4.68. The first-order chi connectivity index (χ1) is 24.2. The number of benzene rings is 3. The number of halogens is 3. The quantitative estimate of drug-likeness (QED) is 0.190. The molecular formula is C39H38F3N5O3. The minimum Gasteiger partial charge on any atom is -0.508 e. The molecule has 4 atom stereocenters. The number of nitrogens with zero attached hydrogens (tertiary/aromatic N) is 5. The Morgan fingerprint density at radius 2 is 1.90 bits per heavy atom. The minimum atomic E-state index is -0.926. The predicted molar refractivity (Wildman–Crippen MR) is 186 cm³/mol. The van der Waals surface area contributed by atoms with E-state index < -0.39 is 23.3 Å². The van der Waals surface area contributed by atoms with E-state index in [-0.39, 0.29) is 63.6 Å². The maximum atomic E-state index is 17.6.